The van der Waals surface area contributed by atoms with E-state index in [0.717, 1.165) is 25.3 Å². The minimum atomic E-state index is 0. The van der Waals surface area contributed by atoms with E-state index in [1.807, 2.05) is 6.20 Å². The summed E-state index contributed by atoms with van der Waals surface area (Å²) >= 11 is 0. The van der Waals surface area contributed by atoms with Crippen LogP contribution in [0, 0.1) is 5.92 Å². The van der Waals surface area contributed by atoms with Crippen LogP contribution in [0.1, 0.15) is 30.7 Å². The summed E-state index contributed by atoms with van der Waals surface area (Å²) in [6.45, 7) is 2.13. The van der Waals surface area contributed by atoms with Gasteiger partial charge in [-0.05, 0) is 49.3 Å². The van der Waals surface area contributed by atoms with Crippen molar-refractivity contribution in [2.75, 3.05) is 19.8 Å². The molecule has 4 nitrogen and oxygen atoms in total. The highest BCUT2D eigenvalue weighted by Crippen LogP contribution is 2.49. The molecule has 2 aliphatic rings. The fraction of sp³-hybridized carbons (Fsp3) is 0.643. The summed E-state index contributed by atoms with van der Waals surface area (Å²) in [5, 5.41) is 12.2. The lowest BCUT2D eigenvalue weighted by Gasteiger charge is -2.27. The second kappa shape index (κ2) is 6.55. The number of rotatable bonds is 6. The second-order valence-corrected chi connectivity index (χ2v) is 5.32. The molecule has 1 aliphatic heterocycles. The van der Waals surface area contributed by atoms with Crippen LogP contribution in [-0.4, -0.2) is 35.9 Å². The monoisotopic (exact) mass is 284 g/mol. The molecular formula is C14H21ClN2O2. The predicted octanol–water partition coefficient (Wildman–Crippen LogP) is 1.73. The Bertz CT molecular complexity index is 412. The molecule has 0 bridgehead atoms. The number of halogens is 1. The Morgan fingerprint density at radius 1 is 1.42 bits per heavy atom. The van der Waals surface area contributed by atoms with Crippen LogP contribution in [0.2, 0.25) is 0 Å². The molecule has 106 valence electrons. The molecule has 1 aromatic rings. The van der Waals surface area contributed by atoms with E-state index in [1.54, 1.807) is 6.20 Å². The summed E-state index contributed by atoms with van der Waals surface area (Å²) in [5.74, 6) is 2.09. The maximum atomic E-state index is 8.93. The molecule has 3 atom stereocenters. The van der Waals surface area contributed by atoms with Gasteiger partial charge in [-0.2, -0.15) is 0 Å². The lowest BCUT2D eigenvalue weighted by Crippen LogP contribution is -2.46. The third kappa shape index (κ3) is 3.59. The first-order valence-corrected chi connectivity index (χ1v) is 6.79. The Morgan fingerprint density at radius 2 is 2.26 bits per heavy atom. The van der Waals surface area contributed by atoms with E-state index in [9.17, 15) is 0 Å². The van der Waals surface area contributed by atoms with Crippen LogP contribution in [0.15, 0.2) is 18.5 Å². The lowest BCUT2D eigenvalue weighted by atomic mass is 10.1. The summed E-state index contributed by atoms with van der Waals surface area (Å²) in [6.07, 6.45) is 6.99. The Labute approximate surface area is 120 Å². The van der Waals surface area contributed by atoms with Gasteiger partial charge >= 0.3 is 0 Å². The molecule has 1 saturated heterocycles. The first kappa shape index (κ1) is 14.6. The number of aliphatic hydroxyl groups is 1. The molecule has 2 fully saturated rings. The molecule has 0 unspecified atom stereocenters. The molecular weight excluding hydrogens is 264 g/mol. The van der Waals surface area contributed by atoms with Crippen molar-refractivity contribution in [2.45, 2.75) is 31.2 Å². The molecule has 0 spiro atoms. The third-order valence-electron chi connectivity index (χ3n) is 3.96. The van der Waals surface area contributed by atoms with Crippen molar-refractivity contribution in [1.82, 2.24) is 10.3 Å². The topological polar surface area (TPSA) is 54.4 Å². The van der Waals surface area contributed by atoms with Crippen molar-refractivity contribution in [3.05, 3.63) is 24.0 Å². The third-order valence-corrected chi connectivity index (χ3v) is 3.96. The van der Waals surface area contributed by atoms with Crippen molar-refractivity contribution in [3.8, 4) is 5.75 Å². The molecule has 2 N–H and O–H groups in total. The average molecular weight is 285 g/mol. The van der Waals surface area contributed by atoms with E-state index in [1.165, 1.54) is 18.4 Å². The lowest BCUT2D eigenvalue weighted by molar-refractivity contribution is 0.216. The van der Waals surface area contributed by atoms with E-state index < -0.39 is 0 Å². The summed E-state index contributed by atoms with van der Waals surface area (Å²) < 4.78 is 5.75. The number of hydrogen-bond donors (Lipinski definition) is 2. The molecule has 19 heavy (non-hydrogen) atoms. The number of aliphatic hydroxyl groups excluding tert-OH is 1. The zero-order valence-electron chi connectivity index (χ0n) is 10.9. The fourth-order valence-corrected chi connectivity index (χ4v) is 2.55. The molecule has 1 aliphatic carbocycles. The molecule has 0 amide bonds. The number of ether oxygens (including phenoxy) is 1. The highest BCUT2D eigenvalue weighted by molar-refractivity contribution is 5.85. The Morgan fingerprint density at radius 3 is 2.95 bits per heavy atom. The van der Waals surface area contributed by atoms with Gasteiger partial charge in [0.15, 0.2) is 0 Å². The maximum Gasteiger partial charge on any atom is 0.137 e. The highest BCUT2D eigenvalue weighted by atomic mass is 35.5. The standard InChI is InChI=1S/C14H20N2O2.ClH/c17-4-2-10-6-14(10)11-5-13(8-15-7-11)18-9-12-1-3-16-12;/h5,7-8,10,12,14,16-17H,1-4,6,9H2;1H/t10-,12-,14-;/m0./s1. The minimum Gasteiger partial charge on any atom is -0.490 e. The van der Waals surface area contributed by atoms with Gasteiger partial charge in [-0.25, -0.2) is 0 Å². The zero-order valence-corrected chi connectivity index (χ0v) is 11.7. The van der Waals surface area contributed by atoms with Gasteiger partial charge in [-0.15, -0.1) is 12.4 Å². The smallest absolute Gasteiger partial charge is 0.137 e. The van der Waals surface area contributed by atoms with Crippen LogP contribution in [0.5, 0.6) is 5.75 Å². The molecule has 0 aromatic carbocycles. The number of hydrogen-bond acceptors (Lipinski definition) is 4. The molecule has 0 radical (unpaired) electrons. The Balaban J connectivity index is 0.00000133. The van der Waals surface area contributed by atoms with Crippen molar-refractivity contribution in [2.24, 2.45) is 5.92 Å². The number of nitrogens with zero attached hydrogens (tertiary/aromatic N) is 1. The normalized spacial score (nSPS) is 28.2. The van der Waals surface area contributed by atoms with Crippen LogP contribution in [-0.2, 0) is 0 Å². The largest absolute Gasteiger partial charge is 0.490 e. The highest BCUT2D eigenvalue weighted by Gasteiger charge is 2.37. The summed E-state index contributed by atoms with van der Waals surface area (Å²) in [7, 11) is 0. The van der Waals surface area contributed by atoms with Crippen LogP contribution >= 0.6 is 12.4 Å². The van der Waals surface area contributed by atoms with E-state index in [0.29, 0.717) is 17.9 Å². The van der Waals surface area contributed by atoms with Gasteiger partial charge in [0, 0.05) is 18.8 Å². The molecule has 5 heteroatoms. The minimum absolute atomic E-state index is 0. The zero-order chi connectivity index (χ0) is 12.4. The van der Waals surface area contributed by atoms with Crippen molar-refractivity contribution in [3.63, 3.8) is 0 Å². The first-order valence-electron chi connectivity index (χ1n) is 6.79. The predicted molar refractivity (Wildman–Crippen MR) is 75.9 cm³/mol. The van der Waals surface area contributed by atoms with Crippen molar-refractivity contribution in [1.29, 1.82) is 0 Å². The van der Waals surface area contributed by atoms with Gasteiger partial charge in [-0.1, -0.05) is 0 Å². The van der Waals surface area contributed by atoms with E-state index in [2.05, 4.69) is 16.4 Å². The fourth-order valence-electron chi connectivity index (χ4n) is 2.55. The average Bonchev–Trinajstić information content (AvgIpc) is 3.07. The van der Waals surface area contributed by atoms with E-state index in [-0.39, 0.29) is 19.0 Å². The van der Waals surface area contributed by atoms with Gasteiger partial charge in [-0.3, -0.25) is 4.98 Å². The van der Waals surface area contributed by atoms with Crippen LogP contribution < -0.4 is 10.1 Å². The number of nitrogens with one attached hydrogen (secondary N) is 1. The van der Waals surface area contributed by atoms with Crippen molar-refractivity contribution >= 4 is 12.4 Å². The molecule has 1 aromatic heterocycles. The van der Waals surface area contributed by atoms with Gasteiger partial charge in [0.1, 0.15) is 12.4 Å². The van der Waals surface area contributed by atoms with Crippen LogP contribution in [0.4, 0.5) is 0 Å². The molecule has 2 heterocycles. The molecule has 3 rings (SSSR count). The quantitative estimate of drug-likeness (QED) is 0.835. The van der Waals surface area contributed by atoms with Crippen molar-refractivity contribution < 1.29 is 9.84 Å². The van der Waals surface area contributed by atoms with Gasteiger partial charge < -0.3 is 15.2 Å². The number of pyridine rings is 1. The SMILES string of the molecule is Cl.OCC[C@H]1C[C@@H]1c1cncc(OC[C@@H]2CCN2)c1. The Hall–Kier alpha value is -0.840. The summed E-state index contributed by atoms with van der Waals surface area (Å²) in [6, 6.07) is 2.62. The molecule has 1 saturated carbocycles. The van der Waals surface area contributed by atoms with Crippen LogP contribution in [0.3, 0.4) is 0 Å². The summed E-state index contributed by atoms with van der Waals surface area (Å²) in [5.41, 5.74) is 1.26. The van der Waals surface area contributed by atoms with Gasteiger partial charge in [0.25, 0.3) is 0 Å². The van der Waals surface area contributed by atoms with E-state index >= 15 is 0 Å². The van der Waals surface area contributed by atoms with Crippen LogP contribution in [0.25, 0.3) is 0 Å². The summed E-state index contributed by atoms with van der Waals surface area (Å²) in [4.78, 5) is 4.25. The Kier molecular flexibility index (Phi) is 5.02. The number of aromatic nitrogens is 1. The maximum absolute atomic E-state index is 8.93. The van der Waals surface area contributed by atoms with E-state index in [4.69, 9.17) is 9.84 Å². The first-order chi connectivity index (χ1) is 8.86. The van der Waals surface area contributed by atoms with Gasteiger partial charge in [0.2, 0.25) is 0 Å². The second-order valence-electron chi connectivity index (χ2n) is 5.32. The van der Waals surface area contributed by atoms with Gasteiger partial charge in [0.05, 0.1) is 6.20 Å².